The molecule has 10 heteroatoms. The lowest BCUT2D eigenvalue weighted by Gasteiger charge is -2.44. The molecule has 0 saturated carbocycles. The van der Waals surface area contributed by atoms with Gasteiger partial charge in [-0.2, -0.15) is 0 Å². The predicted molar refractivity (Wildman–Crippen MR) is 86.1 cm³/mol. The number of hydrogen-bond acceptors (Lipinski definition) is 7. The van der Waals surface area contributed by atoms with E-state index in [4.69, 9.17) is 14.6 Å². The molecule has 26 heavy (non-hydrogen) atoms. The highest BCUT2D eigenvalue weighted by Gasteiger charge is 2.52. The summed E-state index contributed by atoms with van der Waals surface area (Å²) in [6.45, 7) is 2.83. The van der Waals surface area contributed by atoms with Crippen LogP contribution in [0.3, 0.4) is 0 Å². The number of benzene rings is 1. The molecule has 2 N–H and O–H groups in total. The molecule has 1 saturated heterocycles. The van der Waals surface area contributed by atoms with Crippen molar-refractivity contribution in [3.63, 3.8) is 0 Å². The monoisotopic (exact) mass is 366 g/mol. The zero-order valence-electron chi connectivity index (χ0n) is 14.1. The molecule has 1 heterocycles. The summed E-state index contributed by atoms with van der Waals surface area (Å²) in [7, 11) is 0. The Morgan fingerprint density at radius 1 is 1.31 bits per heavy atom. The minimum Gasteiger partial charge on any atom is -0.481 e. The van der Waals surface area contributed by atoms with Crippen molar-refractivity contribution in [3.8, 4) is 0 Å². The van der Waals surface area contributed by atoms with Gasteiger partial charge in [0, 0.05) is 12.1 Å². The second kappa shape index (κ2) is 7.38. The van der Waals surface area contributed by atoms with Crippen molar-refractivity contribution in [3.05, 3.63) is 39.9 Å². The lowest BCUT2D eigenvalue weighted by Crippen LogP contribution is -2.66. The van der Waals surface area contributed by atoms with Gasteiger partial charge in [-0.1, -0.05) is 0 Å². The first-order valence-corrected chi connectivity index (χ1v) is 7.71. The van der Waals surface area contributed by atoms with Crippen molar-refractivity contribution in [1.82, 2.24) is 5.32 Å². The summed E-state index contributed by atoms with van der Waals surface area (Å²) < 4.78 is 10.1. The van der Waals surface area contributed by atoms with Crippen LogP contribution in [0.2, 0.25) is 0 Å². The molecule has 140 valence electrons. The largest absolute Gasteiger partial charge is 0.509 e. The second-order valence-corrected chi connectivity index (χ2v) is 6.36. The molecule has 10 nitrogen and oxygen atoms in total. The van der Waals surface area contributed by atoms with E-state index in [0.717, 1.165) is 0 Å². The van der Waals surface area contributed by atoms with Crippen molar-refractivity contribution in [2.45, 2.75) is 38.5 Å². The summed E-state index contributed by atoms with van der Waals surface area (Å²) in [6, 6.07) is 4.82. The predicted octanol–water partition coefficient (Wildman–Crippen LogP) is 1.62. The molecule has 0 aromatic heterocycles. The number of nitrogens with zero attached hydrogens (tertiary/aromatic N) is 1. The van der Waals surface area contributed by atoms with Crippen LogP contribution in [0.25, 0.3) is 0 Å². The van der Waals surface area contributed by atoms with Crippen LogP contribution >= 0.6 is 0 Å². The van der Waals surface area contributed by atoms with Gasteiger partial charge in [0.05, 0.1) is 23.3 Å². The standard InChI is InChI=1S/C16H18N2O8/c1-16(2,13-11(7-12(19)20)17-14(13)21)26-15(22)25-8-9-3-5-10(6-4-9)18(23)24/h3-6,11,13H,7-8H2,1-2H3,(H,17,21)(H,19,20)/t11-,13+/m1/s1. The lowest BCUT2D eigenvalue weighted by molar-refractivity contribution is -0.384. The number of nitro benzene ring substituents is 1. The normalized spacial score (nSPS) is 19.1. The third-order valence-electron chi connectivity index (χ3n) is 4.01. The Balaban J connectivity index is 1.90. The minimum absolute atomic E-state index is 0.0853. The summed E-state index contributed by atoms with van der Waals surface area (Å²) in [5, 5.41) is 21.9. The topological polar surface area (TPSA) is 145 Å². The average Bonchev–Trinajstić information content (AvgIpc) is 2.51. The quantitative estimate of drug-likeness (QED) is 0.320. The Labute approximate surface area is 148 Å². The maximum atomic E-state index is 11.9. The Bertz CT molecular complexity index is 728. The Kier molecular flexibility index (Phi) is 5.44. The van der Waals surface area contributed by atoms with Crippen LogP contribution in [-0.4, -0.2) is 39.7 Å². The summed E-state index contributed by atoms with van der Waals surface area (Å²) in [4.78, 5) is 44.5. The van der Waals surface area contributed by atoms with E-state index < -0.39 is 40.5 Å². The molecular weight excluding hydrogens is 348 g/mol. The summed E-state index contributed by atoms with van der Waals surface area (Å²) in [5.41, 5.74) is -0.817. The Morgan fingerprint density at radius 3 is 2.42 bits per heavy atom. The number of nitro groups is 1. The molecular formula is C16H18N2O8. The van der Waals surface area contributed by atoms with Crippen molar-refractivity contribution in [2.24, 2.45) is 5.92 Å². The van der Waals surface area contributed by atoms with Gasteiger partial charge in [0.25, 0.3) is 5.69 Å². The number of carbonyl (C=O) groups is 3. The molecule has 1 fully saturated rings. The van der Waals surface area contributed by atoms with Crippen LogP contribution in [0.4, 0.5) is 10.5 Å². The molecule has 0 radical (unpaired) electrons. The van der Waals surface area contributed by atoms with E-state index in [1.165, 1.54) is 38.1 Å². The van der Waals surface area contributed by atoms with E-state index in [0.29, 0.717) is 5.56 Å². The fourth-order valence-electron chi connectivity index (χ4n) is 2.76. The number of carboxylic acids is 1. The highest BCUT2D eigenvalue weighted by Crippen LogP contribution is 2.32. The third-order valence-corrected chi connectivity index (χ3v) is 4.01. The first-order chi connectivity index (χ1) is 12.1. The first kappa shape index (κ1) is 19.2. The molecule has 2 rings (SSSR count). The Morgan fingerprint density at radius 2 is 1.92 bits per heavy atom. The minimum atomic E-state index is -1.25. The number of ether oxygens (including phenoxy) is 2. The van der Waals surface area contributed by atoms with E-state index in [1.807, 2.05) is 0 Å². The average molecular weight is 366 g/mol. The number of carboxylic acid groups (broad SMARTS) is 1. The van der Waals surface area contributed by atoms with Crippen molar-refractivity contribution < 1.29 is 33.9 Å². The number of amides is 1. The van der Waals surface area contributed by atoms with Gasteiger partial charge >= 0.3 is 12.1 Å². The summed E-state index contributed by atoms with van der Waals surface area (Å²) in [5.74, 6) is -2.27. The molecule has 2 atom stereocenters. The van der Waals surface area contributed by atoms with E-state index in [1.54, 1.807) is 0 Å². The highest BCUT2D eigenvalue weighted by atomic mass is 16.7. The van der Waals surface area contributed by atoms with Gasteiger partial charge in [0.15, 0.2) is 0 Å². The summed E-state index contributed by atoms with van der Waals surface area (Å²) in [6.07, 6.45) is -1.30. The van der Waals surface area contributed by atoms with E-state index in [2.05, 4.69) is 5.32 Å². The lowest BCUT2D eigenvalue weighted by atomic mass is 9.76. The van der Waals surface area contributed by atoms with Gasteiger partial charge in [-0.05, 0) is 31.5 Å². The van der Waals surface area contributed by atoms with Crippen molar-refractivity contribution in [1.29, 1.82) is 0 Å². The molecule has 0 unspecified atom stereocenters. The highest BCUT2D eigenvalue weighted by molar-refractivity contribution is 5.89. The van der Waals surface area contributed by atoms with E-state index in [9.17, 15) is 24.5 Å². The van der Waals surface area contributed by atoms with Crippen LogP contribution in [0, 0.1) is 16.0 Å². The molecule has 1 aromatic carbocycles. The third kappa shape index (κ3) is 4.47. The number of non-ortho nitro benzene ring substituents is 1. The number of β-lactam (4-membered cyclic amide) rings is 1. The zero-order valence-corrected chi connectivity index (χ0v) is 14.1. The molecule has 1 amide bonds. The van der Waals surface area contributed by atoms with Crippen LogP contribution in [0.1, 0.15) is 25.8 Å². The van der Waals surface area contributed by atoms with Gasteiger partial charge in [-0.25, -0.2) is 4.79 Å². The summed E-state index contributed by atoms with van der Waals surface area (Å²) >= 11 is 0. The SMILES string of the molecule is CC(C)(OC(=O)OCc1ccc([N+](=O)[O-])cc1)[C@@H]1C(=O)N[C@@H]1CC(=O)O. The fraction of sp³-hybridized carbons (Fsp3) is 0.438. The van der Waals surface area contributed by atoms with Gasteiger partial charge in [0.1, 0.15) is 12.2 Å². The molecule has 1 aliphatic heterocycles. The zero-order chi connectivity index (χ0) is 19.5. The first-order valence-electron chi connectivity index (χ1n) is 7.71. The van der Waals surface area contributed by atoms with Crippen LogP contribution in [-0.2, 0) is 25.7 Å². The number of nitrogens with one attached hydrogen (secondary N) is 1. The number of aliphatic carboxylic acids is 1. The van der Waals surface area contributed by atoms with Crippen LogP contribution in [0.15, 0.2) is 24.3 Å². The molecule has 0 aliphatic carbocycles. The number of carbonyl (C=O) groups excluding carboxylic acids is 2. The van der Waals surface area contributed by atoms with Crippen molar-refractivity contribution >= 4 is 23.7 Å². The maximum absolute atomic E-state index is 11.9. The smallest absolute Gasteiger partial charge is 0.481 e. The van der Waals surface area contributed by atoms with E-state index >= 15 is 0 Å². The van der Waals surface area contributed by atoms with Crippen LogP contribution in [0.5, 0.6) is 0 Å². The number of rotatable bonds is 7. The molecule has 0 bridgehead atoms. The molecule has 1 aliphatic rings. The maximum Gasteiger partial charge on any atom is 0.509 e. The fourth-order valence-corrected chi connectivity index (χ4v) is 2.76. The molecule has 1 aromatic rings. The van der Waals surface area contributed by atoms with Crippen LogP contribution < -0.4 is 5.32 Å². The van der Waals surface area contributed by atoms with E-state index in [-0.39, 0.29) is 18.7 Å². The Hall–Kier alpha value is -3.17. The van der Waals surface area contributed by atoms with Gasteiger partial charge < -0.3 is 19.9 Å². The van der Waals surface area contributed by atoms with Gasteiger partial charge in [0.2, 0.25) is 5.91 Å². The van der Waals surface area contributed by atoms with Gasteiger partial charge in [-0.3, -0.25) is 19.7 Å². The molecule has 0 spiro atoms. The number of hydrogen-bond donors (Lipinski definition) is 2. The van der Waals surface area contributed by atoms with Gasteiger partial charge in [-0.15, -0.1) is 0 Å². The second-order valence-electron chi connectivity index (χ2n) is 6.36. The van der Waals surface area contributed by atoms with Crippen molar-refractivity contribution in [2.75, 3.05) is 0 Å².